The molecular weight excluding hydrogens is 276 g/mol. The molecule has 0 heterocycles. The van der Waals surface area contributed by atoms with E-state index in [9.17, 15) is 4.79 Å². The minimum atomic E-state index is -1.76. The highest BCUT2D eigenvalue weighted by molar-refractivity contribution is 6.74. The van der Waals surface area contributed by atoms with Crippen LogP contribution in [0.15, 0.2) is 36.4 Å². The Morgan fingerprint density at radius 1 is 1.19 bits per heavy atom. The first-order valence-electron chi connectivity index (χ1n) is 7.57. The predicted molar refractivity (Wildman–Crippen MR) is 92.4 cm³/mol. The van der Waals surface area contributed by atoms with E-state index in [1.807, 2.05) is 6.08 Å². The summed E-state index contributed by atoms with van der Waals surface area (Å²) in [6, 6.07) is 8.35. The van der Waals surface area contributed by atoms with Gasteiger partial charge in [0.15, 0.2) is 5.78 Å². The lowest BCUT2D eigenvalue weighted by molar-refractivity contribution is -0.112. The van der Waals surface area contributed by atoms with Crippen LogP contribution in [0.2, 0.25) is 18.1 Å². The van der Waals surface area contributed by atoms with E-state index in [-0.39, 0.29) is 10.8 Å². The zero-order valence-corrected chi connectivity index (χ0v) is 15.2. The highest BCUT2D eigenvalue weighted by Crippen LogP contribution is 2.37. The number of rotatable bonds is 6. The third kappa shape index (κ3) is 5.88. The SMILES string of the molecule is CC(=O)/C=C/CCc1ccc(O[Si](C)(C)C(C)(C)C)cc1. The Kier molecular flexibility index (Phi) is 5.96. The summed E-state index contributed by atoms with van der Waals surface area (Å²) in [5.74, 6) is 1.07. The van der Waals surface area contributed by atoms with Gasteiger partial charge in [-0.25, -0.2) is 0 Å². The Labute approximate surface area is 130 Å². The van der Waals surface area contributed by atoms with Gasteiger partial charge in [-0.05, 0) is 61.7 Å². The summed E-state index contributed by atoms with van der Waals surface area (Å²) < 4.78 is 6.26. The fraction of sp³-hybridized carbons (Fsp3) is 0.500. The molecule has 0 bridgehead atoms. The molecule has 0 saturated heterocycles. The van der Waals surface area contributed by atoms with E-state index >= 15 is 0 Å². The van der Waals surface area contributed by atoms with Gasteiger partial charge in [0.1, 0.15) is 5.75 Å². The molecule has 0 N–H and O–H groups in total. The molecular formula is C18H28O2Si. The fourth-order valence-electron chi connectivity index (χ4n) is 1.67. The second-order valence-corrected chi connectivity index (χ2v) is 11.8. The van der Waals surface area contributed by atoms with Gasteiger partial charge < -0.3 is 4.43 Å². The summed E-state index contributed by atoms with van der Waals surface area (Å²) in [6.45, 7) is 12.8. The molecule has 0 aliphatic heterocycles. The lowest BCUT2D eigenvalue weighted by Crippen LogP contribution is -2.43. The summed E-state index contributed by atoms with van der Waals surface area (Å²) in [5, 5.41) is 0.211. The van der Waals surface area contributed by atoms with Crippen LogP contribution in [0.1, 0.15) is 39.7 Å². The summed E-state index contributed by atoms with van der Waals surface area (Å²) in [6.07, 6.45) is 5.41. The lowest BCUT2D eigenvalue weighted by atomic mass is 10.1. The van der Waals surface area contributed by atoms with E-state index in [4.69, 9.17) is 4.43 Å². The van der Waals surface area contributed by atoms with Gasteiger partial charge in [0.2, 0.25) is 8.32 Å². The van der Waals surface area contributed by atoms with Gasteiger partial charge in [-0.3, -0.25) is 4.79 Å². The van der Waals surface area contributed by atoms with Crippen LogP contribution in [-0.2, 0) is 11.2 Å². The molecule has 21 heavy (non-hydrogen) atoms. The Bertz CT molecular complexity index is 493. The average Bonchev–Trinajstić information content (AvgIpc) is 2.34. The maximum atomic E-state index is 10.8. The molecule has 1 aromatic rings. The van der Waals surface area contributed by atoms with Crippen molar-refractivity contribution in [1.29, 1.82) is 0 Å². The zero-order chi connectivity index (χ0) is 16.1. The van der Waals surface area contributed by atoms with Crippen molar-refractivity contribution >= 4 is 14.1 Å². The van der Waals surface area contributed by atoms with Crippen LogP contribution in [0.25, 0.3) is 0 Å². The molecule has 3 heteroatoms. The number of carbonyl (C=O) groups is 1. The normalized spacial score (nSPS) is 12.7. The second-order valence-electron chi connectivity index (χ2n) is 7.06. The van der Waals surface area contributed by atoms with Crippen LogP contribution < -0.4 is 4.43 Å². The number of allylic oxidation sites excluding steroid dienone is 2. The van der Waals surface area contributed by atoms with Gasteiger partial charge in [0.05, 0.1) is 0 Å². The largest absolute Gasteiger partial charge is 0.544 e. The molecule has 0 saturated carbocycles. The number of aryl methyl sites for hydroxylation is 1. The predicted octanol–water partition coefficient (Wildman–Crippen LogP) is 5.15. The Morgan fingerprint density at radius 2 is 1.76 bits per heavy atom. The van der Waals surface area contributed by atoms with E-state index in [0.29, 0.717) is 0 Å². The smallest absolute Gasteiger partial charge is 0.250 e. The lowest BCUT2D eigenvalue weighted by Gasteiger charge is -2.36. The first-order valence-corrected chi connectivity index (χ1v) is 10.5. The van der Waals surface area contributed by atoms with Crippen LogP contribution in [0.4, 0.5) is 0 Å². The molecule has 2 nitrogen and oxygen atoms in total. The van der Waals surface area contributed by atoms with Crippen molar-refractivity contribution < 1.29 is 9.22 Å². The van der Waals surface area contributed by atoms with Crippen molar-refractivity contribution in [2.75, 3.05) is 0 Å². The summed E-state index contributed by atoms with van der Waals surface area (Å²) in [7, 11) is -1.76. The van der Waals surface area contributed by atoms with Crippen LogP contribution in [0.3, 0.4) is 0 Å². The van der Waals surface area contributed by atoms with E-state index < -0.39 is 8.32 Å². The van der Waals surface area contributed by atoms with Gasteiger partial charge >= 0.3 is 0 Å². The van der Waals surface area contributed by atoms with Crippen molar-refractivity contribution in [2.45, 2.75) is 58.7 Å². The highest BCUT2D eigenvalue weighted by Gasteiger charge is 2.38. The zero-order valence-electron chi connectivity index (χ0n) is 14.2. The molecule has 0 fully saturated rings. The van der Waals surface area contributed by atoms with E-state index in [1.54, 1.807) is 13.0 Å². The molecule has 0 unspecified atom stereocenters. The standard InChI is InChI=1S/C18H28O2Si/c1-15(19)9-7-8-10-16-11-13-17(14-12-16)20-21(5,6)18(2,3)4/h7,9,11-14H,8,10H2,1-6H3/b9-7+. The molecule has 1 rings (SSSR count). The molecule has 0 amide bonds. The summed E-state index contributed by atoms with van der Waals surface area (Å²) >= 11 is 0. The molecule has 0 aromatic heterocycles. The topological polar surface area (TPSA) is 26.3 Å². The van der Waals surface area contributed by atoms with Crippen molar-refractivity contribution in [3.63, 3.8) is 0 Å². The van der Waals surface area contributed by atoms with Crippen molar-refractivity contribution in [2.24, 2.45) is 0 Å². The van der Waals surface area contributed by atoms with Crippen molar-refractivity contribution in [3.8, 4) is 5.75 Å². The van der Waals surface area contributed by atoms with Gasteiger partial charge in [-0.15, -0.1) is 0 Å². The number of benzene rings is 1. The van der Waals surface area contributed by atoms with Crippen molar-refractivity contribution in [3.05, 3.63) is 42.0 Å². The molecule has 116 valence electrons. The molecule has 0 aliphatic carbocycles. The van der Waals surface area contributed by atoms with Crippen LogP contribution >= 0.6 is 0 Å². The summed E-state index contributed by atoms with van der Waals surface area (Å²) in [4.78, 5) is 10.8. The maximum absolute atomic E-state index is 10.8. The van der Waals surface area contributed by atoms with Crippen LogP contribution in [0.5, 0.6) is 5.75 Å². The van der Waals surface area contributed by atoms with Crippen molar-refractivity contribution in [1.82, 2.24) is 0 Å². The molecule has 1 aromatic carbocycles. The molecule has 0 radical (unpaired) electrons. The third-order valence-electron chi connectivity index (χ3n) is 4.05. The van der Waals surface area contributed by atoms with Gasteiger partial charge in [0, 0.05) is 0 Å². The highest BCUT2D eigenvalue weighted by atomic mass is 28.4. The minimum Gasteiger partial charge on any atom is -0.544 e. The first-order chi connectivity index (χ1) is 9.62. The monoisotopic (exact) mass is 304 g/mol. The maximum Gasteiger partial charge on any atom is 0.250 e. The number of hydrogen-bond acceptors (Lipinski definition) is 2. The Hall–Kier alpha value is -1.35. The quantitative estimate of drug-likeness (QED) is 0.537. The number of carbonyl (C=O) groups excluding carboxylic acids is 1. The number of hydrogen-bond donors (Lipinski definition) is 0. The van der Waals surface area contributed by atoms with Gasteiger partial charge in [-0.1, -0.05) is 39.0 Å². The van der Waals surface area contributed by atoms with Gasteiger partial charge in [-0.2, -0.15) is 0 Å². The summed E-state index contributed by atoms with van der Waals surface area (Å²) in [5.41, 5.74) is 1.27. The Balaban J connectivity index is 2.60. The number of ketones is 1. The molecule has 0 aliphatic rings. The molecule has 0 atom stereocenters. The average molecular weight is 305 g/mol. The fourth-order valence-corrected chi connectivity index (χ4v) is 2.70. The van der Waals surface area contributed by atoms with Crippen LogP contribution in [-0.4, -0.2) is 14.1 Å². The van der Waals surface area contributed by atoms with E-state index in [2.05, 4.69) is 58.1 Å². The second kappa shape index (κ2) is 7.08. The minimum absolute atomic E-state index is 0.105. The van der Waals surface area contributed by atoms with E-state index in [1.165, 1.54) is 5.56 Å². The van der Waals surface area contributed by atoms with Gasteiger partial charge in [0.25, 0.3) is 0 Å². The molecule has 0 spiro atoms. The van der Waals surface area contributed by atoms with Crippen LogP contribution in [0, 0.1) is 0 Å². The third-order valence-corrected chi connectivity index (χ3v) is 8.41. The Morgan fingerprint density at radius 3 is 2.24 bits per heavy atom. The van der Waals surface area contributed by atoms with E-state index in [0.717, 1.165) is 18.6 Å². The first kappa shape index (κ1) is 17.7.